The van der Waals surface area contributed by atoms with Crippen LogP contribution >= 0.6 is 0 Å². The van der Waals surface area contributed by atoms with Crippen LogP contribution in [0.25, 0.3) is 67.2 Å². The summed E-state index contributed by atoms with van der Waals surface area (Å²) in [6.07, 6.45) is 0. The van der Waals surface area contributed by atoms with E-state index >= 15 is 0 Å². The summed E-state index contributed by atoms with van der Waals surface area (Å²) in [5.74, 6) is 3.42. The minimum Gasteiger partial charge on any atom is -0.457 e. The Balaban J connectivity index is 1.17. The number of fused-ring (bicyclic) bond motifs is 12. The first-order chi connectivity index (χ1) is 25.3. The van der Waals surface area contributed by atoms with Gasteiger partial charge in [-0.2, -0.15) is 0 Å². The van der Waals surface area contributed by atoms with Crippen LogP contribution in [0.15, 0.2) is 168 Å². The molecule has 1 spiro atoms. The zero-order valence-corrected chi connectivity index (χ0v) is 27.2. The van der Waals surface area contributed by atoms with Crippen LogP contribution in [0.2, 0.25) is 0 Å². The molecule has 9 aromatic rings. The van der Waals surface area contributed by atoms with Gasteiger partial charge in [-0.3, -0.25) is 0 Å². The molecule has 7 aromatic carbocycles. The molecule has 2 aliphatic rings. The van der Waals surface area contributed by atoms with E-state index in [0.717, 1.165) is 61.3 Å². The van der Waals surface area contributed by atoms with Crippen molar-refractivity contribution in [3.8, 4) is 56.8 Å². The number of hydrogen-bond donors (Lipinski definition) is 0. The molecule has 0 fully saturated rings. The van der Waals surface area contributed by atoms with E-state index in [1.807, 2.05) is 78.9 Å². The maximum atomic E-state index is 6.84. The van der Waals surface area contributed by atoms with Crippen molar-refractivity contribution in [3.63, 3.8) is 0 Å². The predicted octanol–water partition coefficient (Wildman–Crippen LogP) is 11.2. The summed E-state index contributed by atoms with van der Waals surface area (Å²) >= 11 is 0. The van der Waals surface area contributed by atoms with Crippen LogP contribution in [-0.4, -0.2) is 15.0 Å². The fourth-order valence-electron chi connectivity index (χ4n) is 8.20. The Kier molecular flexibility index (Phi) is 5.81. The largest absolute Gasteiger partial charge is 0.457 e. The summed E-state index contributed by atoms with van der Waals surface area (Å²) in [5, 5.41) is 2.21. The summed E-state index contributed by atoms with van der Waals surface area (Å²) in [4.78, 5) is 15.0. The Morgan fingerprint density at radius 1 is 0.373 bits per heavy atom. The van der Waals surface area contributed by atoms with Gasteiger partial charge in [-0.25, -0.2) is 15.0 Å². The highest BCUT2D eigenvalue weighted by Crippen LogP contribution is 2.63. The average molecular weight is 654 g/mol. The van der Waals surface area contributed by atoms with E-state index < -0.39 is 5.41 Å². The third-order valence-corrected chi connectivity index (χ3v) is 10.4. The van der Waals surface area contributed by atoms with E-state index in [1.54, 1.807) is 0 Å². The van der Waals surface area contributed by atoms with Crippen molar-refractivity contribution in [2.75, 3.05) is 0 Å². The lowest BCUT2D eigenvalue weighted by molar-refractivity contribution is 0.436. The molecule has 5 heteroatoms. The topological polar surface area (TPSA) is 61.0 Å². The van der Waals surface area contributed by atoms with E-state index in [4.69, 9.17) is 24.1 Å². The lowest BCUT2D eigenvalue weighted by atomic mass is 9.66. The van der Waals surface area contributed by atoms with Gasteiger partial charge in [0, 0.05) is 38.6 Å². The number of furan rings is 1. The molecule has 0 N–H and O–H groups in total. The van der Waals surface area contributed by atoms with E-state index in [-0.39, 0.29) is 0 Å². The SMILES string of the molecule is c1ccc(-c2nc(-c3ccccc3)nc(-c3ccc4c(c3)Oc3ccccc3C43c4ccccc4-c4cc5oc6ccccc6c5cc43)n2)cc1. The number of hydrogen-bond acceptors (Lipinski definition) is 5. The molecule has 2 aromatic heterocycles. The zero-order chi connectivity index (χ0) is 33.5. The molecule has 1 unspecified atom stereocenters. The summed E-state index contributed by atoms with van der Waals surface area (Å²) < 4.78 is 13.3. The second-order valence-electron chi connectivity index (χ2n) is 13.1. The Bertz CT molecular complexity index is 2790. The fraction of sp³-hybridized carbons (Fsp3) is 0.0217. The van der Waals surface area contributed by atoms with E-state index in [9.17, 15) is 0 Å². The van der Waals surface area contributed by atoms with Crippen molar-refractivity contribution in [3.05, 3.63) is 186 Å². The third-order valence-electron chi connectivity index (χ3n) is 10.4. The summed E-state index contributed by atoms with van der Waals surface area (Å²) in [6, 6.07) is 56.6. The van der Waals surface area contributed by atoms with Crippen molar-refractivity contribution in [1.82, 2.24) is 15.0 Å². The summed E-state index contributed by atoms with van der Waals surface area (Å²) in [6.45, 7) is 0. The van der Waals surface area contributed by atoms with Gasteiger partial charge in [0.15, 0.2) is 17.5 Å². The number of ether oxygens (including phenoxy) is 1. The molecule has 1 aliphatic heterocycles. The van der Waals surface area contributed by atoms with Gasteiger partial charge in [0.1, 0.15) is 22.7 Å². The molecule has 0 amide bonds. The van der Waals surface area contributed by atoms with Gasteiger partial charge in [-0.05, 0) is 52.6 Å². The van der Waals surface area contributed by atoms with Crippen molar-refractivity contribution >= 4 is 21.9 Å². The second kappa shape index (κ2) is 10.6. The molecular weight excluding hydrogens is 627 g/mol. The molecular formula is C46H27N3O2. The minimum absolute atomic E-state index is 0.584. The number of benzene rings is 7. The summed E-state index contributed by atoms with van der Waals surface area (Å²) in [5.41, 5.74) is 10.8. The van der Waals surface area contributed by atoms with Gasteiger partial charge in [0.05, 0.1) is 5.41 Å². The molecule has 11 rings (SSSR count). The van der Waals surface area contributed by atoms with E-state index in [1.165, 1.54) is 22.3 Å². The molecule has 5 nitrogen and oxygen atoms in total. The first-order valence-electron chi connectivity index (χ1n) is 17.1. The van der Waals surface area contributed by atoms with Crippen molar-refractivity contribution < 1.29 is 9.15 Å². The molecule has 0 bridgehead atoms. The summed E-state index contributed by atoms with van der Waals surface area (Å²) in [7, 11) is 0. The monoisotopic (exact) mass is 653 g/mol. The average Bonchev–Trinajstić information content (AvgIpc) is 3.70. The first kappa shape index (κ1) is 28.0. The zero-order valence-electron chi connectivity index (χ0n) is 27.2. The van der Waals surface area contributed by atoms with Crippen molar-refractivity contribution in [2.24, 2.45) is 0 Å². The smallest absolute Gasteiger partial charge is 0.164 e. The van der Waals surface area contributed by atoms with Crippen LogP contribution in [0.1, 0.15) is 22.3 Å². The molecule has 1 aliphatic carbocycles. The highest BCUT2D eigenvalue weighted by molar-refractivity contribution is 6.08. The highest BCUT2D eigenvalue weighted by Gasteiger charge is 2.51. The highest BCUT2D eigenvalue weighted by atomic mass is 16.5. The first-order valence-corrected chi connectivity index (χ1v) is 17.1. The predicted molar refractivity (Wildman–Crippen MR) is 201 cm³/mol. The lowest BCUT2D eigenvalue weighted by Gasteiger charge is -2.39. The number of nitrogens with zero attached hydrogens (tertiary/aromatic N) is 3. The third kappa shape index (κ3) is 4.00. The second-order valence-corrected chi connectivity index (χ2v) is 13.1. The quantitative estimate of drug-likeness (QED) is 0.190. The molecule has 238 valence electrons. The number of rotatable bonds is 3. The molecule has 51 heavy (non-hydrogen) atoms. The van der Waals surface area contributed by atoms with Gasteiger partial charge in [-0.15, -0.1) is 0 Å². The van der Waals surface area contributed by atoms with Crippen LogP contribution in [0, 0.1) is 0 Å². The fourth-order valence-corrected chi connectivity index (χ4v) is 8.20. The Morgan fingerprint density at radius 2 is 0.980 bits per heavy atom. The number of aromatic nitrogens is 3. The maximum absolute atomic E-state index is 6.84. The van der Waals surface area contributed by atoms with Crippen molar-refractivity contribution in [2.45, 2.75) is 5.41 Å². The van der Waals surface area contributed by atoms with Crippen LogP contribution in [0.3, 0.4) is 0 Å². The van der Waals surface area contributed by atoms with E-state index in [2.05, 4.69) is 84.9 Å². The Hall–Kier alpha value is -6.85. The van der Waals surface area contributed by atoms with Gasteiger partial charge in [0.2, 0.25) is 0 Å². The van der Waals surface area contributed by atoms with Crippen LogP contribution < -0.4 is 4.74 Å². The molecule has 3 heterocycles. The number of para-hydroxylation sites is 2. The van der Waals surface area contributed by atoms with Crippen molar-refractivity contribution in [1.29, 1.82) is 0 Å². The van der Waals surface area contributed by atoms with Gasteiger partial charge < -0.3 is 9.15 Å². The van der Waals surface area contributed by atoms with Gasteiger partial charge in [0.25, 0.3) is 0 Å². The van der Waals surface area contributed by atoms with Gasteiger partial charge >= 0.3 is 0 Å². The molecule has 0 saturated carbocycles. The standard InChI is InChI=1S/C46H27N3O2/c1-3-13-28(14-4-1)43-47-44(29-15-5-2-6-16-29)49-45(48-43)30-23-24-37-42(25-30)51-40-22-12-10-20-36(40)46(37)35-19-9-7-17-31(35)33-27-41-34(26-38(33)46)32-18-8-11-21-39(32)50-41/h1-27H. The normalized spacial score (nSPS) is 15.3. The lowest BCUT2D eigenvalue weighted by Crippen LogP contribution is -2.32. The van der Waals surface area contributed by atoms with Crippen LogP contribution in [-0.2, 0) is 5.41 Å². The van der Waals surface area contributed by atoms with E-state index in [0.29, 0.717) is 17.5 Å². The van der Waals surface area contributed by atoms with Crippen LogP contribution in [0.4, 0.5) is 0 Å². The Morgan fingerprint density at radius 3 is 1.75 bits per heavy atom. The molecule has 0 saturated heterocycles. The van der Waals surface area contributed by atoms with Gasteiger partial charge in [-0.1, -0.05) is 133 Å². The van der Waals surface area contributed by atoms with Crippen LogP contribution in [0.5, 0.6) is 11.5 Å². The molecule has 1 atom stereocenters. The Labute approximate surface area is 293 Å². The maximum Gasteiger partial charge on any atom is 0.164 e. The molecule has 0 radical (unpaired) electrons. The minimum atomic E-state index is -0.620.